The van der Waals surface area contributed by atoms with Crippen LogP contribution < -0.4 is 5.32 Å². The standard InChI is InChI=1S/C15H31NS/c1-6-15(7-2,17-5)12-16-13-10-8-9-11-14(13,3)4/h13,16H,6-12H2,1-5H3. The van der Waals surface area contributed by atoms with Crippen molar-refractivity contribution < 1.29 is 0 Å². The van der Waals surface area contributed by atoms with Crippen molar-refractivity contribution in [2.24, 2.45) is 5.41 Å². The van der Waals surface area contributed by atoms with Crippen molar-refractivity contribution in [1.29, 1.82) is 0 Å². The fraction of sp³-hybridized carbons (Fsp3) is 1.00. The molecule has 1 rings (SSSR count). The van der Waals surface area contributed by atoms with Gasteiger partial charge in [0, 0.05) is 17.3 Å². The fourth-order valence-corrected chi connectivity index (χ4v) is 3.85. The number of hydrogen-bond acceptors (Lipinski definition) is 2. The van der Waals surface area contributed by atoms with Crippen LogP contribution in [0.15, 0.2) is 0 Å². The van der Waals surface area contributed by atoms with Crippen LogP contribution in [0, 0.1) is 5.41 Å². The van der Waals surface area contributed by atoms with Gasteiger partial charge in [0.2, 0.25) is 0 Å². The zero-order valence-corrected chi connectivity index (χ0v) is 13.3. The molecular formula is C15H31NS. The van der Waals surface area contributed by atoms with Gasteiger partial charge >= 0.3 is 0 Å². The number of rotatable bonds is 6. The van der Waals surface area contributed by atoms with Crippen LogP contribution in [0.25, 0.3) is 0 Å². The molecule has 1 fully saturated rings. The first-order chi connectivity index (χ1) is 7.99. The van der Waals surface area contributed by atoms with Gasteiger partial charge in [0.15, 0.2) is 0 Å². The maximum absolute atomic E-state index is 3.88. The number of hydrogen-bond donors (Lipinski definition) is 1. The van der Waals surface area contributed by atoms with E-state index < -0.39 is 0 Å². The minimum absolute atomic E-state index is 0.452. The van der Waals surface area contributed by atoms with E-state index in [1.807, 2.05) is 11.8 Å². The second-order valence-electron chi connectivity index (χ2n) is 6.26. The summed E-state index contributed by atoms with van der Waals surface area (Å²) in [5.41, 5.74) is 0.490. The lowest BCUT2D eigenvalue weighted by Crippen LogP contribution is -2.49. The van der Waals surface area contributed by atoms with Gasteiger partial charge in [-0.25, -0.2) is 0 Å². The predicted octanol–water partition coefficient (Wildman–Crippen LogP) is 4.47. The van der Waals surface area contributed by atoms with Gasteiger partial charge in [-0.3, -0.25) is 0 Å². The monoisotopic (exact) mass is 257 g/mol. The summed E-state index contributed by atoms with van der Waals surface area (Å²) in [5, 5.41) is 3.88. The molecule has 1 unspecified atom stereocenters. The Hall–Kier alpha value is 0.310. The predicted molar refractivity (Wildman–Crippen MR) is 80.9 cm³/mol. The van der Waals surface area contributed by atoms with Crippen LogP contribution in [-0.2, 0) is 0 Å². The third-order valence-electron chi connectivity index (χ3n) is 4.90. The van der Waals surface area contributed by atoms with Crippen molar-refractivity contribution in [3.63, 3.8) is 0 Å². The Morgan fingerprint density at radius 3 is 2.35 bits per heavy atom. The number of thioether (sulfide) groups is 1. The van der Waals surface area contributed by atoms with Crippen LogP contribution in [0.1, 0.15) is 66.2 Å². The second-order valence-corrected chi connectivity index (χ2v) is 7.54. The van der Waals surface area contributed by atoms with Gasteiger partial charge in [-0.05, 0) is 37.4 Å². The van der Waals surface area contributed by atoms with Crippen molar-refractivity contribution in [3.05, 3.63) is 0 Å². The van der Waals surface area contributed by atoms with Gasteiger partial charge in [0.1, 0.15) is 0 Å². The second kappa shape index (κ2) is 6.47. The van der Waals surface area contributed by atoms with Crippen LogP contribution in [-0.4, -0.2) is 23.6 Å². The van der Waals surface area contributed by atoms with Crippen molar-refractivity contribution in [3.8, 4) is 0 Å². The molecule has 1 aliphatic rings. The zero-order valence-electron chi connectivity index (χ0n) is 12.4. The molecule has 0 heterocycles. The van der Waals surface area contributed by atoms with Crippen LogP contribution >= 0.6 is 11.8 Å². The molecule has 1 nitrogen and oxygen atoms in total. The molecule has 102 valence electrons. The van der Waals surface area contributed by atoms with Gasteiger partial charge in [0.25, 0.3) is 0 Å². The van der Waals surface area contributed by atoms with E-state index in [2.05, 4.69) is 39.3 Å². The largest absolute Gasteiger partial charge is 0.312 e. The van der Waals surface area contributed by atoms with Crippen LogP contribution in [0.3, 0.4) is 0 Å². The summed E-state index contributed by atoms with van der Waals surface area (Å²) in [5.74, 6) is 0. The molecule has 0 saturated heterocycles. The first kappa shape index (κ1) is 15.4. The normalized spacial score (nSPS) is 24.9. The first-order valence-corrected chi connectivity index (χ1v) is 8.50. The van der Waals surface area contributed by atoms with Gasteiger partial charge in [-0.1, -0.05) is 40.5 Å². The molecule has 2 heteroatoms. The molecule has 1 N–H and O–H groups in total. The van der Waals surface area contributed by atoms with Crippen LogP contribution in [0.4, 0.5) is 0 Å². The Kier molecular flexibility index (Phi) is 5.85. The highest BCUT2D eigenvalue weighted by Gasteiger charge is 2.34. The minimum Gasteiger partial charge on any atom is -0.312 e. The van der Waals surface area contributed by atoms with Gasteiger partial charge in [-0.2, -0.15) is 11.8 Å². The molecule has 0 spiro atoms. The summed E-state index contributed by atoms with van der Waals surface area (Å²) in [7, 11) is 0. The average molecular weight is 257 g/mol. The molecule has 0 radical (unpaired) electrons. The van der Waals surface area contributed by atoms with E-state index in [4.69, 9.17) is 0 Å². The fourth-order valence-electron chi connectivity index (χ4n) is 3.04. The lowest BCUT2D eigenvalue weighted by molar-refractivity contribution is 0.164. The van der Waals surface area contributed by atoms with E-state index in [0.29, 0.717) is 10.2 Å². The third kappa shape index (κ3) is 3.89. The SMILES string of the molecule is CCC(CC)(CNC1CCCCC1(C)C)SC. The summed E-state index contributed by atoms with van der Waals surface area (Å²) in [6.07, 6.45) is 10.4. The Morgan fingerprint density at radius 2 is 1.88 bits per heavy atom. The molecule has 0 amide bonds. The Labute approximate surface area is 113 Å². The molecule has 1 saturated carbocycles. The topological polar surface area (TPSA) is 12.0 Å². The molecule has 0 bridgehead atoms. The molecule has 1 atom stereocenters. The van der Waals surface area contributed by atoms with E-state index in [-0.39, 0.29) is 0 Å². The van der Waals surface area contributed by atoms with Gasteiger partial charge in [-0.15, -0.1) is 0 Å². The van der Waals surface area contributed by atoms with E-state index in [9.17, 15) is 0 Å². The smallest absolute Gasteiger partial charge is 0.0276 e. The van der Waals surface area contributed by atoms with Gasteiger partial charge < -0.3 is 5.32 Å². The van der Waals surface area contributed by atoms with Crippen molar-refractivity contribution >= 4 is 11.8 Å². The molecule has 1 aliphatic carbocycles. The summed E-state index contributed by atoms with van der Waals surface area (Å²) in [6, 6.07) is 0.723. The highest BCUT2D eigenvalue weighted by molar-refractivity contribution is 8.00. The molecule has 0 aromatic carbocycles. The summed E-state index contributed by atoms with van der Waals surface area (Å²) in [4.78, 5) is 0. The Morgan fingerprint density at radius 1 is 1.24 bits per heavy atom. The molecule has 0 aromatic rings. The Bertz CT molecular complexity index is 213. The van der Waals surface area contributed by atoms with Crippen molar-refractivity contribution in [2.45, 2.75) is 77.0 Å². The molecule has 17 heavy (non-hydrogen) atoms. The van der Waals surface area contributed by atoms with E-state index in [1.54, 1.807) is 0 Å². The summed E-state index contributed by atoms with van der Waals surface area (Å²) in [6.45, 7) is 10.7. The van der Waals surface area contributed by atoms with Crippen LogP contribution in [0.2, 0.25) is 0 Å². The lowest BCUT2D eigenvalue weighted by atomic mass is 9.73. The maximum atomic E-state index is 3.88. The van der Waals surface area contributed by atoms with E-state index in [0.717, 1.165) is 6.04 Å². The molecular weight excluding hydrogens is 226 g/mol. The van der Waals surface area contributed by atoms with Crippen LogP contribution in [0.5, 0.6) is 0 Å². The Balaban J connectivity index is 2.53. The zero-order chi connectivity index (χ0) is 12.9. The minimum atomic E-state index is 0.452. The highest BCUT2D eigenvalue weighted by atomic mass is 32.2. The molecule has 0 aromatic heterocycles. The van der Waals surface area contributed by atoms with Crippen molar-refractivity contribution in [1.82, 2.24) is 5.32 Å². The first-order valence-electron chi connectivity index (χ1n) is 7.28. The van der Waals surface area contributed by atoms with E-state index >= 15 is 0 Å². The van der Waals surface area contributed by atoms with Gasteiger partial charge in [0.05, 0.1) is 0 Å². The van der Waals surface area contributed by atoms with Crippen molar-refractivity contribution in [2.75, 3.05) is 12.8 Å². The average Bonchev–Trinajstić information content (AvgIpc) is 2.33. The maximum Gasteiger partial charge on any atom is 0.0276 e. The van der Waals surface area contributed by atoms with E-state index in [1.165, 1.54) is 45.1 Å². The highest BCUT2D eigenvalue weighted by Crippen LogP contribution is 2.36. The summed E-state index contributed by atoms with van der Waals surface area (Å²) < 4.78 is 0.452. The third-order valence-corrected chi connectivity index (χ3v) is 6.49. The molecule has 0 aliphatic heterocycles. The quantitative estimate of drug-likeness (QED) is 0.753. The summed E-state index contributed by atoms with van der Waals surface area (Å²) >= 11 is 2.04. The number of nitrogens with one attached hydrogen (secondary N) is 1. The lowest BCUT2D eigenvalue weighted by Gasteiger charge is -2.41.